The van der Waals surface area contributed by atoms with E-state index in [1.54, 1.807) is 11.3 Å². The number of rotatable bonds is 6. The molecule has 1 aromatic rings. The van der Waals surface area contributed by atoms with Crippen LogP contribution >= 0.6 is 11.3 Å². The van der Waals surface area contributed by atoms with E-state index in [9.17, 15) is 4.79 Å². The monoisotopic (exact) mass is 283 g/mol. The van der Waals surface area contributed by atoms with Crippen molar-refractivity contribution >= 4 is 17.3 Å². The molecule has 1 aromatic heterocycles. The van der Waals surface area contributed by atoms with Crippen LogP contribution in [0.25, 0.3) is 0 Å². The molecule has 0 radical (unpaired) electrons. The largest absolute Gasteiger partial charge is 0.460 e. The van der Waals surface area contributed by atoms with Crippen molar-refractivity contribution in [3.05, 3.63) is 22.4 Å². The minimum Gasteiger partial charge on any atom is -0.460 e. The van der Waals surface area contributed by atoms with Crippen molar-refractivity contribution in [2.75, 3.05) is 0 Å². The third-order valence-electron chi connectivity index (χ3n) is 2.70. The molecule has 0 aliphatic rings. The highest BCUT2D eigenvalue weighted by Crippen LogP contribution is 2.17. The van der Waals surface area contributed by atoms with Crippen molar-refractivity contribution in [1.29, 1.82) is 0 Å². The Morgan fingerprint density at radius 3 is 2.53 bits per heavy atom. The van der Waals surface area contributed by atoms with Gasteiger partial charge in [-0.15, -0.1) is 11.3 Å². The van der Waals surface area contributed by atoms with Crippen LogP contribution in [0.2, 0.25) is 0 Å². The van der Waals surface area contributed by atoms with Gasteiger partial charge in [-0.2, -0.15) is 0 Å². The zero-order valence-electron chi connectivity index (χ0n) is 12.6. The van der Waals surface area contributed by atoms with Gasteiger partial charge in [0.25, 0.3) is 0 Å². The molecule has 0 amide bonds. The first-order chi connectivity index (χ1) is 8.68. The fourth-order valence-corrected chi connectivity index (χ4v) is 2.28. The molecule has 1 rings (SSSR count). The van der Waals surface area contributed by atoms with Gasteiger partial charge >= 0.3 is 5.97 Å². The molecule has 0 bridgehead atoms. The SMILES string of the molecule is CC(C)(CCC(=O)OC(C)(C)C)NCc1cccs1. The lowest BCUT2D eigenvalue weighted by Crippen LogP contribution is -2.39. The highest BCUT2D eigenvalue weighted by atomic mass is 32.1. The van der Waals surface area contributed by atoms with E-state index in [1.807, 2.05) is 20.8 Å². The molecule has 1 N–H and O–H groups in total. The standard InChI is InChI=1S/C15H25NO2S/c1-14(2,3)18-13(17)8-9-15(4,5)16-11-12-7-6-10-19-12/h6-7,10,16H,8-9,11H2,1-5H3. The molecule has 19 heavy (non-hydrogen) atoms. The first-order valence-corrected chi connectivity index (χ1v) is 7.55. The zero-order chi connectivity index (χ0) is 14.5. The number of thiophene rings is 1. The number of hydrogen-bond acceptors (Lipinski definition) is 4. The van der Waals surface area contributed by atoms with Crippen LogP contribution in [0.3, 0.4) is 0 Å². The highest BCUT2D eigenvalue weighted by Gasteiger charge is 2.21. The lowest BCUT2D eigenvalue weighted by atomic mass is 9.98. The third kappa shape index (κ3) is 7.33. The first-order valence-electron chi connectivity index (χ1n) is 6.67. The van der Waals surface area contributed by atoms with Gasteiger partial charge in [-0.25, -0.2) is 0 Å². The Bertz CT molecular complexity index is 391. The third-order valence-corrected chi connectivity index (χ3v) is 3.57. The van der Waals surface area contributed by atoms with E-state index in [0.717, 1.165) is 13.0 Å². The van der Waals surface area contributed by atoms with Crippen LogP contribution in [0.1, 0.15) is 52.3 Å². The van der Waals surface area contributed by atoms with Gasteiger partial charge in [0.15, 0.2) is 0 Å². The average molecular weight is 283 g/mol. The van der Waals surface area contributed by atoms with Crippen LogP contribution in [-0.4, -0.2) is 17.1 Å². The van der Waals surface area contributed by atoms with Crippen molar-refractivity contribution in [2.24, 2.45) is 0 Å². The van der Waals surface area contributed by atoms with E-state index in [4.69, 9.17) is 4.74 Å². The Labute approximate surface area is 120 Å². The Morgan fingerprint density at radius 2 is 2.00 bits per heavy atom. The lowest BCUT2D eigenvalue weighted by molar-refractivity contribution is -0.155. The molecule has 1 heterocycles. The molecule has 0 spiro atoms. The van der Waals surface area contributed by atoms with Gasteiger partial charge in [-0.05, 0) is 52.5 Å². The second-order valence-electron chi connectivity index (χ2n) is 6.40. The molecule has 0 fully saturated rings. The van der Waals surface area contributed by atoms with E-state index in [1.165, 1.54) is 4.88 Å². The Morgan fingerprint density at radius 1 is 1.32 bits per heavy atom. The second-order valence-corrected chi connectivity index (χ2v) is 7.44. The highest BCUT2D eigenvalue weighted by molar-refractivity contribution is 7.09. The Hall–Kier alpha value is -0.870. The molecule has 4 heteroatoms. The molecule has 108 valence electrons. The summed E-state index contributed by atoms with van der Waals surface area (Å²) in [5.74, 6) is -0.126. The summed E-state index contributed by atoms with van der Waals surface area (Å²) in [7, 11) is 0. The van der Waals surface area contributed by atoms with Crippen molar-refractivity contribution in [3.63, 3.8) is 0 Å². The van der Waals surface area contributed by atoms with Crippen molar-refractivity contribution in [1.82, 2.24) is 5.32 Å². The molecule has 0 aliphatic carbocycles. The molecular weight excluding hydrogens is 258 g/mol. The summed E-state index contributed by atoms with van der Waals surface area (Å²) >= 11 is 1.74. The quantitative estimate of drug-likeness (QED) is 0.808. The Kier molecular flexibility index (Phi) is 5.56. The first kappa shape index (κ1) is 16.2. The van der Waals surface area contributed by atoms with Gasteiger partial charge in [0, 0.05) is 23.4 Å². The average Bonchev–Trinajstić information content (AvgIpc) is 2.74. The van der Waals surface area contributed by atoms with Crippen LogP contribution < -0.4 is 5.32 Å². The minimum absolute atomic E-state index is 0.0686. The summed E-state index contributed by atoms with van der Waals surface area (Å²) in [4.78, 5) is 13.0. The maximum Gasteiger partial charge on any atom is 0.306 e. The minimum atomic E-state index is -0.397. The van der Waals surface area contributed by atoms with Crippen LogP contribution in [0, 0.1) is 0 Å². The van der Waals surface area contributed by atoms with E-state index < -0.39 is 5.60 Å². The molecular formula is C15H25NO2S. The number of nitrogens with one attached hydrogen (secondary N) is 1. The summed E-state index contributed by atoms with van der Waals surface area (Å²) in [5.41, 5.74) is -0.466. The van der Waals surface area contributed by atoms with E-state index in [-0.39, 0.29) is 11.5 Å². The molecule has 0 aliphatic heterocycles. The second kappa shape index (κ2) is 6.53. The molecule has 0 unspecified atom stereocenters. The van der Waals surface area contributed by atoms with Crippen LogP contribution in [0.5, 0.6) is 0 Å². The van der Waals surface area contributed by atoms with Crippen molar-refractivity contribution in [2.45, 2.75) is 65.1 Å². The van der Waals surface area contributed by atoms with Crippen LogP contribution in [-0.2, 0) is 16.1 Å². The summed E-state index contributed by atoms with van der Waals surface area (Å²) in [6, 6.07) is 4.16. The fraction of sp³-hybridized carbons (Fsp3) is 0.667. The van der Waals surface area contributed by atoms with Crippen molar-refractivity contribution in [3.8, 4) is 0 Å². The topological polar surface area (TPSA) is 38.3 Å². The Balaban J connectivity index is 2.32. The molecule has 0 atom stereocenters. The number of ether oxygens (including phenoxy) is 1. The normalized spacial score (nSPS) is 12.5. The molecule has 0 saturated heterocycles. The lowest BCUT2D eigenvalue weighted by Gasteiger charge is -2.27. The van der Waals surface area contributed by atoms with Gasteiger partial charge in [-0.1, -0.05) is 6.07 Å². The summed E-state index contributed by atoms with van der Waals surface area (Å²) in [6.45, 7) is 10.8. The predicted molar refractivity (Wildman–Crippen MR) is 80.3 cm³/mol. The molecule has 3 nitrogen and oxygen atoms in total. The molecule has 0 saturated carbocycles. The predicted octanol–water partition coefficient (Wildman–Crippen LogP) is 3.74. The number of hydrogen-bond donors (Lipinski definition) is 1. The maximum atomic E-state index is 11.7. The smallest absolute Gasteiger partial charge is 0.306 e. The summed E-state index contributed by atoms with van der Waals surface area (Å²) in [6.07, 6.45) is 1.22. The number of carbonyl (C=O) groups is 1. The summed E-state index contributed by atoms with van der Waals surface area (Å²) < 4.78 is 5.32. The van der Waals surface area contributed by atoms with Gasteiger partial charge in [0.05, 0.1) is 0 Å². The fourth-order valence-electron chi connectivity index (χ4n) is 1.64. The van der Waals surface area contributed by atoms with Crippen molar-refractivity contribution < 1.29 is 9.53 Å². The number of esters is 1. The van der Waals surface area contributed by atoms with Gasteiger partial charge < -0.3 is 10.1 Å². The molecule has 0 aromatic carbocycles. The summed E-state index contributed by atoms with van der Waals surface area (Å²) in [5, 5.41) is 5.56. The van der Waals surface area contributed by atoms with Crippen LogP contribution in [0.15, 0.2) is 17.5 Å². The van der Waals surface area contributed by atoms with Gasteiger partial charge in [0.2, 0.25) is 0 Å². The van der Waals surface area contributed by atoms with Gasteiger partial charge in [0.1, 0.15) is 5.60 Å². The van der Waals surface area contributed by atoms with E-state index >= 15 is 0 Å². The van der Waals surface area contributed by atoms with E-state index in [0.29, 0.717) is 6.42 Å². The number of carbonyl (C=O) groups excluding carboxylic acids is 1. The maximum absolute atomic E-state index is 11.7. The van der Waals surface area contributed by atoms with Gasteiger partial charge in [-0.3, -0.25) is 4.79 Å². The zero-order valence-corrected chi connectivity index (χ0v) is 13.4. The van der Waals surface area contributed by atoms with E-state index in [2.05, 4.69) is 36.7 Å². The van der Waals surface area contributed by atoms with Crippen LogP contribution in [0.4, 0.5) is 0 Å².